The van der Waals surface area contributed by atoms with Crippen molar-refractivity contribution in [3.63, 3.8) is 0 Å². The van der Waals surface area contributed by atoms with E-state index in [4.69, 9.17) is 4.74 Å². The first-order valence-electron chi connectivity index (χ1n) is 7.24. The van der Waals surface area contributed by atoms with Gasteiger partial charge in [0, 0.05) is 5.56 Å². The van der Waals surface area contributed by atoms with Crippen molar-refractivity contribution in [3.05, 3.63) is 29.3 Å². The van der Waals surface area contributed by atoms with Crippen LogP contribution in [0.15, 0.2) is 18.2 Å². The molecule has 3 heteroatoms. The maximum absolute atomic E-state index is 11.9. The van der Waals surface area contributed by atoms with E-state index in [0.717, 1.165) is 29.7 Å². The Labute approximate surface area is 121 Å². The molecule has 0 unspecified atom stereocenters. The van der Waals surface area contributed by atoms with Gasteiger partial charge < -0.3 is 9.84 Å². The molecule has 1 saturated carbocycles. The molecule has 0 saturated heterocycles. The summed E-state index contributed by atoms with van der Waals surface area (Å²) in [4.78, 5) is 11.9. The zero-order valence-corrected chi connectivity index (χ0v) is 12.8. The molecule has 0 aromatic heterocycles. The van der Waals surface area contributed by atoms with Crippen molar-refractivity contribution in [3.8, 4) is 5.75 Å². The third-order valence-corrected chi connectivity index (χ3v) is 4.41. The Hall–Kier alpha value is -1.51. The average Bonchev–Trinajstić information content (AvgIpc) is 2.87. The second-order valence-corrected chi connectivity index (χ2v) is 6.73. The molecule has 1 aromatic carbocycles. The Morgan fingerprint density at radius 2 is 1.85 bits per heavy atom. The minimum atomic E-state index is -0.771. The molecule has 0 amide bonds. The van der Waals surface area contributed by atoms with E-state index in [0.29, 0.717) is 12.8 Å². The van der Waals surface area contributed by atoms with Gasteiger partial charge in [0.15, 0.2) is 0 Å². The molecule has 0 aliphatic heterocycles. The number of ether oxygens (including phenoxy) is 1. The van der Waals surface area contributed by atoms with Crippen LogP contribution in [0.5, 0.6) is 5.75 Å². The first kappa shape index (κ1) is 14.9. The molecular weight excluding hydrogens is 252 g/mol. The fraction of sp³-hybridized carbons (Fsp3) is 0.588. The molecule has 0 spiro atoms. The fourth-order valence-corrected chi connectivity index (χ4v) is 3.30. The summed E-state index contributed by atoms with van der Waals surface area (Å²) < 4.78 is 5.63. The highest BCUT2D eigenvalue weighted by Crippen LogP contribution is 2.47. The van der Waals surface area contributed by atoms with Crippen molar-refractivity contribution in [1.82, 2.24) is 0 Å². The van der Waals surface area contributed by atoms with Crippen LogP contribution in [0.3, 0.4) is 0 Å². The van der Waals surface area contributed by atoms with Crippen LogP contribution >= 0.6 is 0 Å². The molecule has 0 atom stereocenters. The Balaban J connectivity index is 2.65. The molecule has 2 rings (SSSR count). The summed E-state index contributed by atoms with van der Waals surface area (Å²) in [6.07, 6.45) is 3.34. The standard InChI is InChI=1S/C17H24O3/c1-16(2,3)12-8-7-9-13(14(12)20-4)17(15(18)19)10-5-6-11-17/h7-9H,5-6,10-11H2,1-4H3,(H,18,19). The van der Waals surface area contributed by atoms with E-state index in [1.807, 2.05) is 18.2 Å². The molecule has 20 heavy (non-hydrogen) atoms. The highest BCUT2D eigenvalue weighted by atomic mass is 16.5. The summed E-state index contributed by atoms with van der Waals surface area (Å²) in [5.41, 5.74) is 1.08. The van der Waals surface area contributed by atoms with Crippen molar-refractivity contribution in [2.45, 2.75) is 57.3 Å². The number of carbonyl (C=O) groups is 1. The maximum atomic E-state index is 11.9. The highest BCUT2D eigenvalue weighted by Gasteiger charge is 2.45. The Bertz CT molecular complexity index is 505. The minimum Gasteiger partial charge on any atom is -0.496 e. The molecule has 3 nitrogen and oxygen atoms in total. The SMILES string of the molecule is COc1c(C(C)(C)C)cccc1C1(C(=O)O)CCCC1. The van der Waals surface area contributed by atoms with Gasteiger partial charge in [-0.1, -0.05) is 51.8 Å². The summed E-state index contributed by atoms with van der Waals surface area (Å²) in [6.45, 7) is 6.37. The van der Waals surface area contributed by atoms with Crippen LogP contribution in [0.1, 0.15) is 57.6 Å². The van der Waals surface area contributed by atoms with Gasteiger partial charge in [-0.15, -0.1) is 0 Å². The molecule has 0 radical (unpaired) electrons. The first-order valence-corrected chi connectivity index (χ1v) is 7.24. The number of methoxy groups -OCH3 is 1. The summed E-state index contributed by atoms with van der Waals surface area (Å²) >= 11 is 0. The zero-order valence-electron chi connectivity index (χ0n) is 12.8. The monoisotopic (exact) mass is 276 g/mol. The van der Waals surface area contributed by atoms with Crippen LogP contribution in [0, 0.1) is 0 Å². The van der Waals surface area contributed by atoms with Crippen molar-refractivity contribution in [2.24, 2.45) is 0 Å². The normalized spacial score (nSPS) is 18.0. The summed E-state index contributed by atoms with van der Waals surface area (Å²) in [6, 6.07) is 5.92. The van der Waals surface area contributed by atoms with Crippen LogP contribution in [-0.2, 0) is 15.6 Å². The lowest BCUT2D eigenvalue weighted by molar-refractivity contribution is -0.143. The molecule has 1 aliphatic carbocycles. The predicted molar refractivity (Wildman–Crippen MR) is 79.5 cm³/mol. The smallest absolute Gasteiger partial charge is 0.314 e. The van der Waals surface area contributed by atoms with Crippen LogP contribution in [0.4, 0.5) is 0 Å². The fourth-order valence-electron chi connectivity index (χ4n) is 3.30. The van der Waals surface area contributed by atoms with Gasteiger partial charge in [0.2, 0.25) is 0 Å². The topological polar surface area (TPSA) is 46.5 Å². The number of rotatable bonds is 3. The minimum absolute atomic E-state index is 0.0698. The molecule has 1 fully saturated rings. The zero-order chi connectivity index (χ0) is 15.0. The van der Waals surface area contributed by atoms with Gasteiger partial charge in [0.25, 0.3) is 0 Å². The summed E-state index contributed by atoms with van der Waals surface area (Å²) in [7, 11) is 1.64. The van der Waals surface area contributed by atoms with Crippen LogP contribution in [-0.4, -0.2) is 18.2 Å². The number of carboxylic acids is 1. The molecular formula is C17H24O3. The quantitative estimate of drug-likeness (QED) is 0.911. The van der Waals surface area contributed by atoms with Crippen molar-refractivity contribution in [2.75, 3.05) is 7.11 Å². The Morgan fingerprint density at radius 1 is 1.25 bits per heavy atom. The number of carboxylic acid groups (broad SMARTS) is 1. The number of hydrogen-bond acceptors (Lipinski definition) is 2. The molecule has 1 aromatic rings. The summed E-state index contributed by atoms with van der Waals surface area (Å²) in [5.74, 6) is 0.0312. The van der Waals surface area contributed by atoms with Crippen LogP contribution in [0.25, 0.3) is 0 Å². The Morgan fingerprint density at radius 3 is 2.30 bits per heavy atom. The first-order chi connectivity index (χ1) is 9.33. The van der Waals surface area contributed by atoms with E-state index in [1.54, 1.807) is 7.11 Å². The highest BCUT2D eigenvalue weighted by molar-refractivity contribution is 5.83. The molecule has 1 N–H and O–H groups in total. The lowest BCUT2D eigenvalue weighted by Gasteiger charge is -2.30. The molecule has 1 aliphatic rings. The number of hydrogen-bond donors (Lipinski definition) is 1. The summed E-state index contributed by atoms with van der Waals surface area (Å²) in [5, 5.41) is 9.78. The third kappa shape index (κ3) is 2.30. The van der Waals surface area contributed by atoms with Crippen molar-refractivity contribution < 1.29 is 14.6 Å². The number of aliphatic carboxylic acids is 1. The maximum Gasteiger partial charge on any atom is 0.314 e. The van der Waals surface area contributed by atoms with E-state index in [9.17, 15) is 9.90 Å². The van der Waals surface area contributed by atoms with E-state index < -0.39 is 11.4 Å². The third-order valence-electron chi connectivity index (χ3n) is 4.41. The van der Waals surface area contributed by atoms with Gasteiger partial charge >= 0.3 is 5.97 Å². The van der Waals surface area contributed by atoms with Gasteiger partial charge in [0.05, 0.1) is 12.5 Å². The van der Waals surface area contributed by atoms with E-state index >= 15 is 0 Å². The predicted octanol–water partition coefficient (Wildman–Crippen LogP) is 3.89. The Kier molecular flexibility index (Phi) is 3.81. The van der Waals surface area contributed by atoms with Crippen molar-refractivity contribution >= 4 is 5.97 Å². The van der Waals surface area contributed by atoms with Crippen LogP contribution < -0.4 is 4.74 Å². The molecule has 0 bridgehead atoms. The lowest BCUT2D eigenvalue weighted by Crippen LogP contribution is -2.33. The lowest BCUT2D eigenvalue weighted by atomic mass is 9.75. The number of para-hydroxylation sites is 1. The number of benzene rings is 1. The van der Waals surface area contributed by atoms with Gasteiger partial charge in [-0.3, -0.25) is 4.79 Å². The van der Waals surface area contributed by atoms with Gasteiger partial charge in [-0.25, -0.2) is 0 Å². The van der Waals surface area contributed by atoms with Crippen molar-refractivity contribution in [1.29, 1.82) is 0 Å². The average molecular weight is 276 g/mol. The van der Waals surface area contributed by atoms with Crippen LogP contribution in [0.2, 0.25) is 0 Å². The second-order valence-electron chi connectivity index (χ2n) is 6.73. The van der Waals surface area contributed by atoms with E-state index in [-0.39, 0.29) is 5.41 Å². The molecule has 0 heterocycles. The molecule has 110 valence electrons. The van der Waals surface area contributed by atoms with E-state index in [1.165, 1.54) is 0 Å². The van der Waals surface area contributed by atoms with Gasteiger partial charge in [-0.05, 0) is 23.8 Å². The van der Waals surface area contributed by atoms with E-state index in [2.05, 4.69) is 20.8 Å². The van der Waals surface area contributed by atoms with Gasteiger partial charge in [0.1, 0.15) is 5.75 Å². The largest absolute Gasteiger partial charge is 0.496 e. The van der Waals surface area contributed by atoms with Gasteiger partial charge in [-0.2, -0.15) is 0 Å². The second kappa shape index (κ2) is 5.12.